The Balaban J connectivity index is 1.72. The van der Waals surface area contributed by atoms with Crippen molar-refractivity contribution in [2.75, 3.05) is 20.2 Å². The van der Waals surface area contributed by atoms with Crippen LogP contribution < -0.4 is 0 Å². The normalized spacial score (nSPS) is 17.5. The predicted molar refractivity (Wildman–Crippen MR) is 83.6 cm³/mol. The molecule has 1 amide bonds. The van der Waals surface area contributed by atoms with E-state index in [1.807, 2.05) is 30.3 Å². The quantitative estimate of drug-likeness (QED) is 0.816. The van der Waals surface area contributed by atoms with Crippen LogP contribution in [-0.2, 0) is 9.53 Å². The Morgan fingerprint density at radius 2 is 2.09 bits per heavy atom. The molecule has 0 spiro atoms. The third-order valence-corrected chi connectivity index (χ3v) is 4.78. The Morgan fingerprint density at radius 3 is 2.82 bits per heavy atom. The molecule has 0 radical (unpaired) electrons. The van der Waals surface area contributed by atoms with Crippen molar-refractivity contribution < 1.29 is 14.3 Å². The van der Waals surface area contributed by atoms with Crippen LogP contribution in [0.2, 0.25) is 0 Å². The number of carbonyl (C=O) groups excluding carboxylic acids is 2. The molecule has 114 valence electrons. The summed E-state index contributed by atoms with van der Waals surface area (Å²) in [5.41, 5.74) is 1.00. The van der Waals surface area contributed by atoms with Gasteiger partial charge in [0.1, 0.15) is 9.88 Å². The lowest BCUT2D eigenvalue weighted by Crippen LogP contribution is -2.29. The van der Waals surface area contributed by atoms with Crippen molar-refractivity contribution in [2.45, 2.75) is 6.42 Å². The number of rotatable bonds is 3. The topological polar surface area (TPSA) is 59.5 Å². The lowest BCUT2D eigenvalue weighted by molar-refractivity contribution is -0.144. The zero-order valence-electron chi connectivity index (χ0n) is 12.2. The summed E-state index contributed by atoms with van der Waals surface area (Å²) in [6.07, 6.45) is 2.27. The Labute approximate surface area is 132 Å². The maximum Gasteiger partial charge on any atom is 0.310 e. The minimum Gasteiger partial charge on any atom is -0.469 e. The Morgan fingerprint density at radius 1 is 1.32 bits per heavy atom. The molecule has 1 atom stereocenters. The first-order chi connectivity index (χ1) is 10.7. The largest absolute Gasteiger partial charge is 0.469 e. The van der Waals surface area contributed by atoms with Crippen LogP contribution in [-0.4, -0.2) is 42.0 Å². The van der Waals surface area contributed by atoms with Crippen LogP contribution in [0.5, 0.6) is 0 Å². The Hall–Kier alpha value is -2.21. The van der Waals surface area contributed by atoms with Gasteiger partial charge in [0.2, 0.25) is 0 Å². The number of hydrogen-bond acceptors (Lipinski definition) is 5. The summed E-state index contributed by atoms with van der Waals surface area (Å²) < 4.78 is 4.74. The summed E-state index contributed by atoms with van der Waals surface area (Å²) in [5, 5.41) is 0.827. The molecule has 1 unspecified atom stereocenters. The molecule has 0 N–H and O–H groups in total. The van der Waals surface area contributed by atoms with Gasteiger partial charge in [0.15, 0.2) is 0 Å². The number of likely N-dealkylation sites (tertiary alicyclic amines) is 1. The molecule has 1 aliphatic heterocycles. The lowest BCUT2D eigenvalue weighted by atomic mass is 10.1. The average molecular weight is 316 g/mol. The van der Waals surface area contributed by atoms with E-state index < -0.39 is 0 Å². The number of hydrogen-bond donors (Lipinski definition) is 0. The Bertz CT molecular complexity index is 684. The van der Waals surface area contributed by atoms with Gasteiger partial charge < -0.3 is 9.64 Å². The molecule has 0 aliphatic carbocycles. The average Bonchev–Trinajstić information content (AvgIpc) is 3.24. The number of ether oxygens (including phenoxy) is 1. The van der Waals surface area contributed by atoms with E-state index >= 15 is 0 Å². The Kier molecular flexibility index (Phi) is 4.20. The molecular formula is C16H16N2O3S. The summed E-state index contributed by atoms with van der Waals surface area (Å²) in [4.78, 5) is 30.7. The second kappa shape index (κ2) is 6.27. The molecule has 1 aromatic heterocycles. The first-order valence-corrected chi connectivity index (χ1v) is 7.89. The van der Waals surface area contributed by atoms with Crippen LogP contribution in [0, 0.1) is 5.92 Å². The van der Waals surface area contributed by atoms with E-state index in [1.165, 1.54) is 18.4 Å². The standard InChI is InChI=1S/C16H16N2O3S/c1-21-16(20)12-7-8-18(10-12)15(19)13-9-17-14(22-13)11-5-3-2-4-6-11/h2-6,9,12H,7-8,10H2,1H3. The van der Waals surface area contributed by atoms with Crippen LogP contribution in [0.15, 0.2) is 36.5 Å². The van der Waals surface area contributed by atoms with E-state index in [1.54, 1.807) is 11.1 Å². The van der Waals surface area contributed by atoms with Crippen LogP contribution in [0.4, 0.5) is 0 Å². The van der Waals surface area contributed by atoms with Gasteiger partial charge in [-0.25, -0.2) is 4.98 Å². The fourth-order valence-electron chi connectivity index (χ4n) is 2.55. The van der Waals surface area contributed by atoms with Gasteiger partial charge in [0.05, 0.1) is 19.2 Å². The number of thiazole rings is 1. The van der Waals surface area contributed by atoms with Gasteiger partial charge in [0, 0.05) is 18.7 Å². The molecule has 1 saturated heterocycles. The molecule has 3 rings (SSSR count). The van der Waals surface area contributed by atoms with Gasteiger partial charge in [-0.1, -0.05) is 30.3 Å². The van der Waals surface area contributed by atoms with E-state index in [-0.39, 0.29) is 17.8 Å². The second-order valence-corrected chi connectivity index (χ2v) is 6.19. The van der Waals surface area contributed by atoms with E-state index in [0.717, 1.165) is 10.6 Å². The van der Waals surface area contributed by atoms with Crippen molar-refractivity contribution in [3.05, 3.63) is 41.4 Å². The number of aromatic nitrogens is 1. The molecule has 2 aromatic rings. The van der Waals surface area contributed by atoms with Gasteiger partial charge in [-0.3, -0.25) is 9.59 Å². The number of carbonyl (C=O) groups is 2. The number of nitrogens with zero attached hydrogens (tertiary/aromatic N) is 2. The molecule has 22 heavy (non-hydrogen) atoms. The highest BCUT2D eigenvalue weighted by molar-refractivity contribution is 7.16. The number of esters is 1. The molecule has 5 nitrogen and oxygen atoms in total. The number of amides is 1. The van der Waals surface area contributed by atoms with E-state index in [9.17, 15) is 9.59 Å². The maximum absolute atomic E-state index is 12.5. The molecule has 0 saturated carbocycles. The fourth-order valence-corrected chi connectivity index (χ4v) is 3.44. The van der Waals surface area contributed by atoms with Crippen LogP contribution in [0.3, 0.4) is 0 Å². The summed E-state index contributed by atoms with van der Waals surface area (Å²) in [6, 6.07) is 9.77. The van der Waals surface area contributed by atoms with Crippen molar-refractivity contribution in [3.63, 3.8) is 0 Å². The minimum absolute atomic E-state index is 0.0638. The molecule has 2 heterocycles. The fraction of sp³-hybridized carbons (Fsp3) is 0.312. The minimum atomic E-state index is -0.246. The number of methoxy groups -OCH3 is 1. The van der Waals surface area contributed by atoms with Crippen molar-refractivity contribution in [2.24, 2.45) is 5.92 Å². The van der Waals surface area contributed by atoms with E-state index in [4.69, 9.17) is 4.74 Å². The highest BCUT2D eigenvalue weighted by atomic mass is 32.1. The van der Waals surface area contributed by atoms with Gasteiger partial charge >= 0.3 is 5.97 Å². The second-order valence-electron chi connectivity index (χ2n) is 5.16. The third kappa shape index (κ3) is 2.87. The highest BCUT2D eigenvalue weighted by Gasteiger charge is 2.32. The van der Waals surface area contributed by atoms with E-state index in [2.05, 4.69) is 4.98 Å². The van der Waals surface area contributed by atoms with Gasteiger partial charge in [-0.15, -0.1) is 11.3 Å². The van der Waals surface area contributed by atoms with Crippen molar-refractivity contribution in [1.82, 2.24) is 9.88 Å². The van der Waals surface area contributed by atoms with Gasteiger partial charge in [-0.05, 0) is 6.42 Å². The summed E-state index contributed by atoms with van der Waals surface area (Å²) in [6.45, 7) is 1.00. The first kappa shape index (κ1) is 14.7. The van der Waals surface area contributed by atoms with Gasteiger partial charge in [0.25, 0.3) is 5.91 Å². The first-order valence-electron chi connectivity index (χ1n) is 7.07. The van der Waals surface area contributed by atoms with Crippen LogP contribution in [0.1, 0.15) is 16.1 Å². The molecule has 1 fully saturated rings. The summed E-state index contributed by atoms with van der Waals surface area (Å²) >= 11 is 1.38. The zero-order chi connectivity index (χ0) is 15.5. The molecule has 1 aromatic carbocycles. The lowest BCUT2D eigenvalue weighted by Gasteiger charge is -2.14. The molecule has 0 bridgehead atoms. The van der Waals surface area contributed by atoms with Crippen LogP contribution >= 0.6 is 11.3 Å². The number of benzene rings is 1. The summed E-state index contributed by atoms with van der Waals surface area (Å²) in [7, 11) is 1.38. The predicted octanol–water partition coefficient (Wildman–Crippen LogP) is 2.45. The maximum atomic E-state index is 12.5. The van der Waals surface area contributed by atoms with Crippen molar-refractivity contribution in [3.8, 4) is 10.6 Å². The molecular weight excluding hydrogens is 300 g/mol. The van der Waals surface area contributed by atoms with E-state index in [0.29, 0.717) is 24.4 Å². The SMILES string of the molecule is COC(=O)C1CCN(C(=O)c2cnc(-c3ccccc3)s2)C1. The third-order valence-electron chi connectivity index (χ3n) is 3.75. The summed E-state index contributed by atoms with van der Waals surface area (Å²) in [5.74, 6) is -0.522. The van der Waals surface area contributed by atoms with Crippen molar-refractivity contribution in [1.29, 1.82) is 0 Å². The zero-order valence-corrected chi connectivity index (χ0v) is 13.0. The smallest absolute Gasteiger partial charge is 0.310 e. The van der Waals surface area contributed by atoms with Crippen molar-refractivity contribution >= 4 is 23.2 Å². The molecule has 6 heteroatoms. The van der Waals surface area contributed by atoms with Crippen LogP contribution in [0.25, 0.3) is 10.6 Å². The van der Waals surface area contributed by atoms with Gasteiger partial charge in [-0.2, -0.15) is 0 Å². The molecule has 1 aliphatic rings. The monoisotopic (exact) mass is 316 g/mol. The highest BCUT2D eigenvalue weighted by Crippen LogP contribution is 2.27.